The molecule has 2 unspecified atom stereocenters. The van der Waals surface area contributed by atoms with Crippen molar-refractivity contribution >= 4 is 13.1 Å². The van der Waals surface area contributed by atoms with E-state index >= 15 is 0 Å². The first-order chi connectivity index (χ1) is 9.04. The molecule has 0 N–H and O–H groups in total. The average Bonchev–Trinajstić information content (AvgIpc) is 2.83. The number of carbonyl (C=O) groups is 1. The van der Waals surface area contributed by atoms with Crippen LogP contribution in [0.2, 0.25) is 5.82 Å². The summed E-state index contributed by atoms with van der Waals surface area (Å²) in [4.78, 5) is 13.2. The molecule has 1 spiro atoms. The quantitative estimate of drug-likeness (QED) is 0.628. The fraction of sp³-hybridized carbons (Fsp3) is 0.917. The molecule has 0 saturated carbocycles. The van der Waals surface area contributed by atoms with E-state index < -0.39 is 29.9 Å². The maximum Gasteiger partial charge on any atom is 1.00 e. The summed E-state index contributed by atoms with van der Waals surface area (Å²) in [5.41, 5.74) is -1.69. The molecule has 2 saturated heterocycles. The summed E-state index contributed by atoms with van der Waals surface area (Å²) < 4.78 is 50.1. The molecule has 2 aliphatic rings. The average molecular weight is 333 g/mol. The molecule has 0 aromatic heterocycles. The van der Waals surface area contributed by atoms with Gasteiger partial charge in [0.25, 0.3) is 0 Å². The summed E-state index contributed by atoms with van der Waals surface area (Å²) in [5.74, 6) is -1.47. The van der Waals surface area contributed by atoms with Gasteiger partial charge in [0, 0.05) is 19.7 Å². The molecule has 2 atom stereocenters. The number of carbonyl (C=O) groups excluding carboxylic acids is 1. The molecule has 0 aliphatic carbocycles. The number of halogens is 3. The van der Waals surface area contributed by atoms with Gasteiger partial charge >= 0.3 is 64.5 Å². The van der Waals surface area contributed by atoms with Gasteiger partial charge in [0.1, 0.15) is 5.60 Å². The van der Waals surface area contributed by atoms with Crippen LogP contribution in [-0.4, -0.2) is 49.9 Å². The fourth-order valence-electron chi connectivity index (χ4n) is 3.02. The van der Waals surface area contributed by atoms with Crippen molar-refractivity contribution in [2.45, 2.75) is 38.6 Å². The Labute approximate surface area is 165 Å². The number of amides is 1. The molecular weight excluding hydrogens is 313 g/mol. The molecule has 0 radical (unpaired) electrons. The van der Waals surface area contributed by atoms with E-state index in [1.165, 1.54) is 4.90 Å². The van der Waals surface area contributed by atoms with Crippen molar-refractivity contribution in [2.24, 2.45) is 5.41 Å². The summed E-state index contributed by atoms with van der Waals surface area (Å²) in [7, 11) is 0. The van der Waals surface area contributed by atoms with Crippen LogP contribution in [-0.2, 0) is 9.47 Å². The Morgan fingerprint density at radius 1 is 1.38 bits per heavy atom. The van der Waals surface area contributed by atoms with Crippen LogP contribution in [0.1, 0.15) is 27.2 Å². The fourth-order valence-corrected chi connectivity index (χ4v) is 3.02. The minimum atomic E-state index is -5.01. The molecule has 2 aliphatic heterocycles. The van der Waals surface area contributed by atoms with Gasteiger partial charge in [-0.2, -0.15) is 0 Å². The second-order valence-electron chi connectivity index (χ2n) is 6.76. The minimum absolute atomic E-state index is 0. The van der Waals surface area contributed by atoms with E-state index in [-0.39, 0.29) is 71.1 Å². The first kappa shape index (κ1) is 19.8. The molecule has 0 aromatic rings. The summed E-state index contributed by atoms with van der Waals surface area (Å²) in [6.45, 7) is 0.215. The van der Waals surface area contributed by atoms with Crippen molar-refractivity contribution in [3.05, 3.63) is 0 Å². The van der Waals surface area contributed by atoms with Crippen molar-refractivity contribution in [1.82, 2.24) is 4.90 Å². The van der Waals surface area contributed by atoms with Crippen LogP contribution in [0, 0.1) is 5.41 Å². The number of ether oxygens (including phenoxy) is 2. The molecular formula is C12H20BF3KNO3. The predicted molar refractivity (Wildman–Crippen MR) is 68.5 cm³/mol. The molecule has 0 bridgehead atoms. The Kier molecular flexibility index (Phi) is 6.29. The second kappa shape index (κ2) is 6.68. The van der Waals surface area contributed by atoms with E-state index in [2.05, 4.69) is 0 Å². The number of hydrogen-bond acceptors (Lipinski definition) is 3. The van der Waals surface area contributed by atoms with E-state index in [1.54, 1.807) is 20.8 Å². The maximum absolute atomic E-state index is 13.3. The van der Waals surface area contributed by atoms with Crippen molar-refractivity contribution in [3.63, 3.8) is 0 Å². The van der Waals surface area contributed by atoms with Crippen molar-refractivity contribution in [1.29, 1.82) is 0 Å². The smallest absolute Gasteiger partial charge is 0.449 e. The minimum Gasteiger partial charge on any atom is -0.449 e. The summed E-state index contributed by atoms with van der Waals surface area (Å²) in [6, 6.07) is 0. The monoisotopic (exact) mass is 333 g/mol. The van der Waals surface area contributed by atoms with E-state index in [9.17, 15) is 17.7 Å². The standard InChI is InChI=1S/C12H20BF3NO3.K/c1-11(2,3)20-10(18)17-6-9(13(14,15)16)12(7-17)4-5-19-8-12;/h9H,4-8H2,1-3H3;/q-1;+1. The number of likely N-dealkylation sites (tertiary alicyclic amines) is 1. The molecule has 1 amide bonds. The van der Waals surface area contributed by atoms with Crippen molar-refractivity contribution in [2.75, 3.05) is 26.3 Å². The zero-order valence-electron chi connectivity index (χ0n) is 13.0. The molecule has 2 fully saturated rings. The first-order valence-electron chi connectivity index (χ1n) is 6.79. The van der Waals surface area contributed by atoms with Gasteiger partial charge in [0.05, 0.1) is 6.61 Å². The first-order valence-corrected chi connectivity index (χ1v) is 6.79. The van der Waals surface area contributed by atoms with Crippen LogP contribution in [0.5, 0.6) is 0 Å². The largest absolute Gasteiger partial charge is 1.00 e. The Bertz CT molecular complexity index is 394. The van der Waals surface area contributed by atoms with Crippen LogP contribution < -0.4 is 51.4 Å². The van der Waals surface area contributed by atoms with Gasteiger partial charge in [0.15, 0.2) is 0 Å². The normalized spacial score (nSPS) is 29.6. The van der Waals surface area contributed by atoms with E-state index in [0.29, 0.717) is 13.0 Å². The SMILES string of the molecule is CC(C)(C)OC(=O)N1CC([B-](F)(F)F)C2(CCOC2)C1.[K+]. The second-order valence-corrected chi connectivity index (χ2v) is 6.76. The van der Waals surface area contributed by atoms with Gasteiger partial charge in [-0.25, -0.2) is 4.79 Å². The Balaban J connectivity index is 0.00000220. The van der Waals surface area contributed by atoms with Gasteiger partial charge in [-0.3, -0.25) is 0 Å². The van der Waals surface area contributed by atoms with E-state index in [4.69, 9.17) is 9.47 Å². The van der Waals surface area contributed by atoms with E-state index in [0.717, 1.165) is 0 Å². The zero-order valence-corrected chi connectivity index (χ0v) is 16.1. The molecule has 0 aromatic carbocycles. The Morgan fingerprint density at radius 3 is 2.43 bits per heavy atom. The third kappa shape index (κ3) is 4.60. The van der Waals surface area contributed by atoms with Crippen LogP contribution in [0.25, 0.3) is 0 Å². The number of hydrogen-bond donors (Lipinski definition) is 0. The zero-order chi connectivity index (χ0) is 15.2. The third-order valence-electron chi connectivity index (χ3n) is 3.95. The van der Waals surface area contributed by atoms with Gasteiger partial charge in [0.2, 0.25) is 0 Å². The molecule has 116 valence electrons. The molecule has 2 heterocycles. The summed E-state index contributed by atoms with van der Waals surface area (Å²) in [5, 5.41) is 0. The van der Waals surface area contributed by atoms with Gasteiger partial charge < -0.3 is 27.3 Å². The molecule has 9 heteroatoms. The van der Waals surface area contributed by atoms with Crippen LogP contribution >= 0.6 is 0 Å². The number of nitrogens with zero attached hydrogens (tertiary/aromatic N) is 1. The molecule has 2 rings (SSSR count). The Hall–Kier alpha value is 0.721. The van der Waals surface area contributed by atoms with Gasteiger partial charge in [-0.15, -0.1) is 0 Å². The predicted octanol–water partition coefficient (Wildman–Crippen LogP) is -0.135. The van der Waals surface area contributed by atoms with Crippen LogP contribution in [0.15, 0.2) is 0 Å². The van der Waals surface area contributed by atoms with Crippen molar-refractivity contribution in [3.8, 4) is 0 Å². The third-order valence-corrected chi connectivity index (χ3v) is 3.95. The van der Waals surface area contributed by atoms with Crippen LogP contribution in [0.4, 0.5) is 17.7 Å². The number of rotatable bonds is 1. The van der Waals surface area contributed by atoms with Gasteiger partial charge in [-0.05, 0) is 38.4 Å². The summed E-state index contributed by atoms with van der Waals surface area (Å²) in [6.07, 6.45) is -0.329. The molecule has 4 nitrogen and oxygen atoms in total. The van der Waals surface area contributed by atoms with Crippen LogP contribution in [0.3, 0.4) is 0 Å². The van der Waals surface area contributed by atoms with Crippen molar-refractivity contribution < 1.29 is 78.6 Å². The maximum atomic E-state index is 13.3. The topological polar surface area (TPSA) is 38.8 Å². The Morgan fingerprint density at radius 2 is 2.00 bits per heavy atom. The van der Waals surface area contributed by atoms with E-state index in [1.807, 2.05) is 0 Å². The summed E-state index contributed by atoms with van der Waals surface area (Å²) >= 11 is 0. The van der Waals surface area contributed by atoms with Gasteiger partial charge in [-0.1, -0.05) is 0 Å². The molecule has 21 heavy (non-hydrogen) atoms.